The van der Waals surface area contributed by atoms with Gasteiger partial charge in [-0.3, -0.25) is 4.79 Å². The number of halogens is 1. The van der Waals surface area contributed by atoms with Crippen molar-refractivity contribution < 1.29 is 29.6 Å². The van der Waals surface area contributed by atoms with Crippen molar-refractivity contribution in [3.8, 4) is 56.6 Å². The second kappa shape index (κ2) is 8.62. The molecular formula is C27H18ClNO6. The molecule has 5 rings (SSSR count). The molecule has 35 heavy (non-hydrogen) atoms. The molecule has 0 spiro atoms. The van der Waals surface area contributed by atoms with Crippen LogP contribution in [-0.4, -0.2) is 26.3 Å². The Hall–Kier alpha value is -4.62. The smallest absolute Gasteiger partial charge is 0.257 e. The van der Waals surface area contributed by atoms with E-state index < -0.39 is 5.91 Å². The number of aromatic hydroxyl groups is 4. The molecule has 0 fully saturated rings. The molecule has 0 bridgehead atoms. The van der Waals surface area contributed by atoms with Crippen molar-refractivity contribution in [3.63, 3.8) is 0 Å². The van der Waals surface area contributed by atoms with Crippen LogP contribution in [0, 0.1) is 0 Å². The van der Waals surface area contributed by atoms with Crippen LogP contribution in [0.25, 0.3) is 33.6 Å². The van der Waals surface area contributed by atoms with E-state index in [9.17, 15) is 25.2 Å². The van der Waals surface area contributed by atoms with Gasteiger partial charge >= 0.3 is 0 Å². The topological polar surface area (TPSA) is 123 Å². The monoisotopic (exact) mass is 487 g/mol. The molecule has 1 heterocycles. The number of carbonyl (C=O) groups is 1. The van der Waals surface area contributed by atoms with E-state index in [4.69, 9.17) is 16.0 Å². The fourth-order valence-electron chi connectivity index (χ4n) is 4.08. The first-order valence-corrected chi connectivity index (χ1v) is 10.8. The summed E-state index contributed by atoms with van der Waals surface area (Å²) in [6.45, 7) is 0. The second-order valence-corrected chi connectivity index (χ2v) is 8.36. The van der Waals surface area contributed by atoms with Gasteiger partial charge in [-0.2, -0.15) is 0 Å². The normalized spacial score (nSPS) is 11.0. The van der Waals surface area contributed by atoms with Crippen molar-refractivity contribution in [2.24, 2.45) is 0 Å². The van der Waals surface area contributed by atoms with E-state index in [-0.39, 0.29) is 34.3 Å². The molecule has 0 atom stereocenters. The molecule has 0 aromatic heterocycles. The van der Waals surface area contributed by atoms with E-state index in [2.05, 4.69) is 5.32 Å². The zero-order chi connectivity index (χ0) is 24.7. The third kappa shape index (κ3) is 4.20. The van der Waals surface area contributed by atoms with Gasteiger partial charge in [0.1, 0.15) is 29.3 Å². The number of phenolic OH excluding ortho intramolecular Hbond substituents is 3. The summed E-state index contributed by atoms with van der Waals surface area (Å²) in [5.41, 5.74) is 2.79. The lowest BCUT2D eigenvalue weighted by molar-refractivity contribution is 0.102. The fraction of sp³-hybridized carbons (Fsp3) is 0. The Bertz CT molecular complexity index is 1500. The third-order valence-corrected chi connectivity index (χ3v) is 5.76. The van der Waals surface area contributed by atoms with Gasteiger partial charge in [0.2, 0.25) is 0 Å². The first-order valence-electron chi connectivity index (χ1n) is 10.5. The van der Waals surface area contributed by atoms with Crippen molar-refractivity contribution in [1.82, 2.24) is 0 Å². The fourth-order valence-corrected chi connectivity index (χ4v) is 4.20. The van der Waals surface area contributed by atoms with Crippen molar-refractivity contribution in [2.75, 3.05) is 5.32 Å². The number of hydrogen-bond donors (Lipinski definition) is 5. The zero-order valence-corrected chi connectivity index (χ0v) is 18.7. The maximum Gasteiger partial charge on any atom is 0.257 e. The van der Waals surface area contributed by atoms with Gasteiger partial charge in [-0.15, -0.1) is 0 Å². The third-order valence-electron chi connectivity index (χ3n) is 5.51. The average Bonchev–Trinajstić information content (AvgIpc) is 3.14. The molecule has 1 aliphatic heterocycles. The van der Waals surface area contributed by atoms with Crippen LogP contribution in [0.1, 0.15) is 10.4 Å². The number of nitrogens with one attached hydrogen (secondary N) is 1. The number of anilines is 1. The molecule has 8 heteroatoms. The summed E-state index contributed by atoms with van der Waals surface area (Å²) in [5.74, 6) is -0.746. The number of benzene rings is 3. The van der Waals surface area contributed by atoms with Crippen molar-refractivity contribution >= 4 is 23.2 Å². The molecule has 3 aromatic carbocycles. The van der Waals surface area contributed by atoms with E-state index >= 15 is 0 Å². The van der Waals surface area contributed by atoms with Crippen molar-refractivity contribution in [1.29, 1.82) is 0 Å². The summed E-state index contributed by atoms with van der Waals surface area (Å²) in [6.07, 6.45) is 1.13. The van der Waals surface area contributed by atoms with E-state index in [1.165, 1.54) is 36.4 Å². The van der Waals surface area contributed by atoms with E-state index in [1.807, 2.05) is 0 Å². The number of hydrogen-bond acceptors (Lipinski definition) is 6. The zero-order valence-electron chi connectivity index (χ0n) is 18.0. The summed E-state index contributed by atoms with van der Waals surface area (Å²) in [4.78, 5) is 13.6. The van der Waals surface area contributed by atoms with Crippen LogP contribution in [0.2, 0.25) is 5.02 Å². The lowest BCUT2D eigenvalue weighted by atomic mass is 9.95. The van der Waals surface area contributed by atoms with Crippen LogP contribution < -0.4 is 5.32 Å². The predicted octanol–water partition coefficient (Wildman–Crippen LogP) is 6.45. The van der Waals surface area contributed by atoms with Crippen LogP contribution in [0.3, 0.4) is 0 Å². The minimum atomic E-state index is -0.489. The van der Waals surface area contributed by atoms with Crippen molar-refractivity contribution in [3.05, 3.63) is 89.6 Å². The average molecular weight is 488 g/mol. The Morgan fingerprint density at radius 2 is 1.37 bits per heavy atom. The Kier molecular flexibility index (Phi) is 5.47. The van der Waals surface area contributed by atoms with Gasteiger partial charge in [-0.25, -0.2) is 0 Å². The van der Waals surface area contributed by atoms with Crippen LogP contribution in [-0.2, 0) is 0 Å². The predicted molar refractivity (Wildman–Crippen MR) is 132 cm³/mol. The molecule has 0 unspecified atom stereocenters. The highest BCUT2D eigenvalue weighted by Crippen LogP contribution is 2.50. The molecule has 174 valence electrons. The minimum absolute atomic E-state index is 0.0379. The van der Waals surface area contributed by atoms with Crippen LogP contribution in [0.5, 0.6) is 23.0 Å². The lowest BCUT2D eigenvalue weighted by Crippen LogP contribution is -2.13. The Labute approximate surface area is 204 Å². The van der Waals surface area contributed by atoms with Crippen LogP contribution in [0.4, 0.5) is 5.69 Å². The Morgan fingerprint density at radius 3 is 2.03 bits per heavy atom. The summed E-state index contributed by atoms with van der Waals surface area (Å²) in [6, 6.07) is 18.3. The molecule has 0 saturated heterocycles. The van der Waals surface area contributed by atoms with Crippen molar-refractivity contribution in [2.45, 2.75) is 0 Å². The molecule has 7 nitrogen and oxygen atoms in total. The van der Waals surface area contributed by atoms with E-state index in [1.54, 1.807) is 36.4 Å². The highest BCUT2D eigenvalue weighted by Gasteiger charge is 2.32. The summed E-state index contributed by atoms with van der Waals surface area (Å²) >= 11 is 5.96. The highest BCUT2D eigenvalue weighted by atomic mass is 35.5. The van der Waals surface area contributed by atoms with Gasteiger partial charge < -0.3 is 30.2 Å². The van der Waals surface area contributed by atoms with Gasteiger partial charge in [0.15, 0.2) is 5.75 Å². The quantitative estimate of drug-likeness (QED) is 0.198. The van der Waals surface area contributed by atoms with Crippen LogP contribution >= 0.6 is 11.6 Å². The highest BCUT2D eigenvalue weighted by molar-refractivity contribution is 6.30. The first-order chi connectivity index (χ1) is 16.8. The molecule has 1 amide bonds. The maximum absolute atomic E-state index is 13.6. The molecule has 3 aromatic rings. The lowest BCUT2D eigenvalue weighted by Gasteiger charge is -2.11. The van der Waals surface area contributed by atoms with Gasteiger partial charge in [0, 0.05) is 33.5 Å². The number of carbonyl (C=O) groups excluding carboxylic acids is 1. The van der Waals surface area contributed by atoms with Crippen LogP contribution in [0.15, 0.2) is 83.5 Å². The molecule has 1 aliphatic carbocycles. The van der Waals surface area contributed by atoms with E-state index in [0.29, 0.717) is 38.5 Å². The first kappa shape index (κ1) is 22.2. The number of phenols is 3. The Balaban J connectivity index is 1.82. The maximum atomic E-state index is 13.6. The van der Waals surface area contributed by atoms with E-state index in [0.717, 1.165) is 6.26 Å². The molecule has 0 saturated carbocycles. The molecule has 0 radical (unpaired) electrons. The molecular weight excluding hydrogens is 470 g/mol. The molecule has 2 aliphatic rings. The summed E-state index contributed by atoms with van der Waals surface area (Å²) in [7, 11) is 0. The second-order valence-electron chi connectivity index (χ2n) is 7.92. The summed E-state index contributed by atoms with van der Waals surface area (Å²) < 4.78 is 5.73. The number of rotatable bonds is 4. The largest absolute Gasteiger partial charge is 0.508 e. The molecule has 5 N–H and O–H groups in total. The number of fused-ring (bicyclic) bond motifs is 1. The number of amides is 1. The summed E-state index contributed by atoms with van der Waals surface area (Å²) in [5, 5.41) is 43.6. The standard InChI is InChI=1S/C27H18ClNO6/c28-16-3-5-17(6-4-16)29-27(34)25-22-12-21(33)13-35-26(22)24(15-9-19(31)11-20(32)10-15)23(25)14-1-7-18(30)8-2-14/h1-13,30-33H,(H,29,34). The van der Waals surface area contributed by atoms with Gasteiger partial charge in [-0.05, 0) is 65.7 Å². The van der Waals surface area contributed by atoms with Gasteiger partial charge in [0.05, 0.1) is 5.56 Å². The van der Waals surface area contributed by atoms with Gasteiger partial charge in [-0.1, -0.05) is 23.7 Å². The Morgan fingerprint density at radius 1 is 0.714 bits per heavy atom. The minimum Gasteiger partial charge on any atom is -0.508 e. The SMILES string of the molecule is O=C(Nc1ccc(Cl)cc1)c1c2cc(O)coc-2c(-c2cc(O)cc(O)c2)c1-c1ccc(O)cc1. The van der Waals surface area contributed by atoms with Gasteiger partial charge in [0.25, 0.3) is 5.91 Å².